The summed E-state index contributed by atoms with van der Waals surface area (Å²) in [5.74, 6) is -1.11. The standard InChI is InChI=1S/C10H14N4O4/c15-7-1-8(9(16)17)14(4-7)10(18)12-3-6-2-11-5-13-6/h2,5,7-8,15H,1,3-4H2,(H,11,13)(H,12,18)(H,16,17)/t7-,8-/m0/s1. The molecule has 0 unspecified atom stereocenters. The Labute approximate surface area is 103 Å². The number of amides is 2. The van der Waals surface area contributed by atoms with E-state index in [1.807, 2.05) is 0 Å². The zero-order valence-electron chi connectivity index (χ0n) is 9.54. The van der Waals surface area contributed by atoms with E-state index < -0.39 is 24.1 Å². The average Bonchev–Trinajstić information content (AvgIpc) is 2.94. The molecule has 1 saturated heterocycles. The molecule has 2 heterocycles. The summed E-state index contributed by atoms with van der Waals surface area (Å²) in [6, 6.07) is -1.48. The molecule has 0 aromatic carbocycles. The normalized spacial score (nSPS) is 23.1. The lowest BCUT2D eigenvalue weighted by molar-refractivity contribution is -0.141. The number of nitrogens with one attached hydrogen (secondary N) is 2. The molecule has 0 bridgehead atoms. The van der Waals surface area contributed by atoms with Crippen molar-refractivity contribution in [1.82, 2.24) is 20.2 Å². The Morgan fingerprint density at radius 1 is 1.61 bits per heavy atom. The first-order chi connectivity index (χ1) is 8.58. The summed E-state index contributed by atoms with van der Waals surface area (Å²) < 4.78 is 0. The molecule has 1 aliphatic heterocycles. The maximum absolute atomic E-state index is 11.8. The second-order valence-electron chi connectivity index (χ2n) is 4.13. The van der Waals surface area contributed by atoms with Gasteiger partial charge >= 0.3 is 12.0 Å². The minimum absolute atomic E-state index is 0.0335. The number of carboxylic acids is 1. The third-order valence-corrected chi connectivity index (χ3v) is 2.81. The zero-order chi connectivity index (χ0) is 13.1. The van der Waals surface area contributed by atoms with Gasteiger partial charge in [-0.25, -0.2) is 14.6 Å². The van der Waals surface area contributed by atoms with Crippen LogP contribution in [0.25, 0.3) is 0 Å². The quantitative estimate of drug-likeness (QED) is 0.559. The third kappa shape index (κ3) is 2.59. The van der Waals surface area contributed by atoms with E-state index in [-0.39, 0.29) is 19.5 Å². The highest BCUT2D eigenvalue weighted by Gasteiger charge is 2.38. The molecule has 0 aliphatic carbocycles. The van der Waals surface area contributed by atoms with Crippen LogP contribution in [0.4, 0.5) is 4.79 Å². The highest BCUT2D eigenvalue weighted by atomic mass is 16.4. The number of urea groups is 1. The van der Waals surface area contributed by atoms with Gasteiger partial charge in [-0.1, -0.05) is 0 Å². The molecule has 0 saturated carbocycles. The molecular weight excluding hydrogens is 240 g/mol. The number of imidazole rings is 1. The number of carbonyl (C=O) groups is 2. The topological polar surface area (TPSA) is 119 Å². The second-order valence-corrected chi connectivity index (χ2v) is 4.13. The Morgan fingerprint density at radius 2 is 2.39 bits per heavy atom. The molecule has 18 heavy (non-hydrogen) atoms. The van der Waals surface area contributed by atoms with Gasteiger partial charge in [-0.15, -0.1) is 0 Å². The van der Waals surface area contributed by atoms with E-state index in [2.05, 4.69) is 15.3 Å². The average molecular weight is 254 g/mol. The lowest BCUT2D eigenvalue weighted by atomic mass is 10.2. The number of hydrogen-bond acceptors (Lipinski definition) is 4. The Hall–Kier alpha value is -2.09. The Kier molecular flexibility index (Phi) is 3.47. The van der Waals surface area contributed by atoms with Crippen LogP contribution >= 0.6 is 0 Å². The summed E-state index contributed by atoms with van der Waals surface area (Å²) >= 11 is 0. The fourth-order valence-corrected chi connectivity index (χ4v) is 1.93. The fourth-order valence-electron chi connectivity index (χ4n) is 1.93. The van der Waals surface area contributed by atoms with Crippen LogP contribution in [0.3, 0.4) is 0 Å². The molecule has 1 aliphatic rings. The first-order valence-electron chi connectivity index (χ1n) is 5.50. The van der Waals surface area contributed by atoms with Crippen molar-refractivity contribution in [2.75, 3.05) is 6.54 Å². The number of β-amino-alcohol motifs (C(OH)–C–C–N with tert-alkyl or cyclic N) is 1. The smallest absolute Gasteiger partial charge is 0.326 e. The number of nitrogens with zero attached hydrogens (tertiary/aromatic N) is 2. The number of likely N-dealkylation sites (tertiary alicyclic amines) is 1. The number of aliphatic hydroxyl groups is 1. The Balaban J connectivity index is 1.93. The largest absolute Gasteiger partial charge is 0.480 e. The van der Waals surface area contributed by atoms with Crippen LogP contribution in [0, 0.1) is 0 Å². The van der Waals surface area contributed by atoms with Gasteiger partial charge in [0.2, 0.25) is 0 Å². The predicted octanol–water partition coefficient (Wildman–Crippen LogP) is -0.861. The van der Waals surface area contributed by atoms with Gasteiger partial charge in [0.25, 0.3) is 0 Å². The molecule has 2 amide bonds. The first kappa shape index (κ1) is 12.4. The van der Waals surface area contributed by atoms with Gasteiger partial charge in [0.1, 0.15) is 6.04 Å². The number of rotatable bonds is 3. The van der Waals surface area contributed by atoms with Crippen molar-refractivity contribution in [3.8, 4) is 0 Å². The van der Waals surface area contributed by atoms with Crippen molar-refractivity contribution < 1.29 is 19.8 Å². The van der Waals surface area contributed by atoms with Gasteiger partial charge in [-0.2, -0.15) is 0 Å². The van der Waals surface area contributed by atoms with Crippen molar-refractivity contribution >= 4 is 12.0 Å². The molecular formula is C10H14N4O4. The number of hydrogen-bond donors (Lipinski definition) is 4. The summed E-state index contributed by atoms with van der Waals surface area (Å²) in [7, 11) is 0. The van der Waals surface area contributed by atoms with E-state index >= 15 is 0 Å². The fraction of sp³-hybridized carbons (Fsp3) is 0.500. The molecule has 0 spiro atoms. The summed E-state index contributed by atoms with van der Waals surface area (Å²) in [6.07, 6.45) is 2.32. The number of carbonyl (C=O) groups excluding carboxylic acids is 1. The molecule has 1 aromatic heterocycles. The summed E-state index contributed by atoms with van der Waals surface area (Å²) in [5, 5.41) is 20.9. The molecule has 8 nitrogen and oxygen atoms in total. The van der Waals surface area contributed by atoms with E-state index in [4.69, 9.17) is 5.11 Å². The van der Waals surface area contributed by atoms with Crippen LogP contribution in [0.2, 0.25) is 0 Å². The first-order valence-corrected chi connectivity index (χ1v) is 5.50. The molecule has 0 radical (unpaired) electrons. The maximum atomic E-state index is 11.8. The summed E-state index contributed by atoms with van der Waals surface area (Å²) in [6.45, 7) is 0.267. The van der Waals surface area contributed by atoms with E-state index in [1.54, 1.807) is 6.20 Å². The van der Waals surface area contributed by atoms with Crippen LogP contribution in [0.15, 0.2) is 12.5 Å². The van der Waals surface area contributed by atoms with E-state index in [1.165, 1.54) is 6.33 Å². The predicted molar refractivity (Wildman–Crippen MR) is 59.6 cm³/mol. The highest BCUT2D eigenvalue weighted by Crippen LogP contribution is 2.18. The number of aromatic nitrogens is 2. The molecule has 2 rings (SSSR count). The number of carboxylic acid groups (broad SMARTS) is 1. The molecule has 1 aromatic rings. The monoisotopic (exact) mass is 254 g/mol. The van der Waals surface area contributed by atoms with Crippen molar-refractivity contribution in [3.63, 3.8) is 0 Å². The number of aliphatic carboxylic acids is 1. The van der Waals surface area contributed by atoms with Crippen LogP contribution < -0.4 is 5.32 Å². The van der Waals surface area contributed by atoms with Crippen molar-refractivity contribution in [3.05, 3.63) is 18.2 Å². The molecule has 1 fully saturated rings. The molecule has 8 heteroatoms. The van der Waals surface area contributed by atoms with E-state index in [9.17, 15) is 14.7 Å². The molecule has 98 valence electrons. The maximum Gasteiger partial charge on any atom is 0.326 e. The summed E-state index contributed by atoms with van der Waals surface area (Å²) in [5.41, 5.74) is 0.718. The third-order valence-electron chi connectivity index (χ3n) is 2.81. The highest BCUT2D eigenvalue weighted by molar-refractivity contribution is 5.83. The van der Waals surface area contributed by atoms with Gasteiger partial charge in [-0.05, 0) is 0 Å². The van der Waals surface area contributed by atoms with E-state index in [0.29, 0.717) is 0 Å². The lowest BCUT2D eigenvalue weighted by Gasteiger charge is -2.21. The van der Waals surface area contributed by atoms with Gasteiger partial charge in [0, 0.05) is 19.2 Å². The van der Waals surface area contributed by atoms with Crippen LogP contribution in [-0.2, 0) is 11.3 Å². The van der Waals surface area contributed by atoms with Crippen LogP contribution in [0.5, 0.6) is 0 Å². The minimum atomic E-state index is -1.11. The molecule has 4 N–H and O–H groups in total. The Morgan fingerprint density at radius 3 is 3.00 bits per heavy atom. The van der Waals surface area contributed by atoms with Gasteiger partial charge < -0.3 is 25.4 Å². The lowest BCUT2D eigenvalue weighted by Crippen LogP contribution is -2.46. The minimum Gasteiger partial charge on any atom is -0.480 e. The number of aromatic amines is 1. The number of H-pyrrole nitrogens is 1. The van der Waals surface area contributed by atoms with Crippen molar-refractivity contribution in [2.45, 2.75) is 25.1 Å². The number of aliphatic hydroxyl groups excluding tert-OH is 1. The van der Waals surface area contributed by atoms with Gasteiger partial charge in [-0.3, -0.25) is 0 Å². The van der Waals surface area contributed by atoms with Gasteiger partial charge in [0.05, 0.1) is 24.7 Å². The summed E-state index contributed by atoms with van der Waals surface area (Å²) in [4.78, 5) is 30.5. The zero-order valence-corrected chi connectivity index (χ0v) is 9.54. The molecule has 2 atom stereocenters. The van der Waals surface area contributed by atoms with Gasteiger partial charge in [0.15, 0.2) is 0 Å². The second kappa shape index (κ2) is 5.05. The Bertz CT molecular complexity index is 433. The van der Waals surface area contributed by atoms with Crippen molar-refractivity contribution in [2.24, 2.45) is 0 Å². The van der Waals surface area contributed by atoms with Crippen molar-refractivity contribution in [1.29, 1.82) is 0 Å². The van der Waals surface area contributed by atoms with Crippen LogP contribution in [-0.4, -0.2) is 55.8 Å². The van der Waals surface area contributed by atoms with E-state index in [0.717, 1.165) is 10.6 Å². The van der Waals surface area contributed by atoms with Crippen LogP contribution in [0.1, 0.15) is 12.1 Å². The SMILES string of the molecule is O=C(O)[C@@H]1C[C@H](O)CN1C(=O)NCc1cnc[nH]1.